The van der Waals surface area contributed by atoms with Crippen LogP contribution in [0.25, 0.3) is 0 Å². The molecule has 0 radical (unpaired) electrons. The number of rotatable bonds is 6. The molecule has 35 heavy (non-hydrogen) atoms. The third kappa shape index (κ3) is 5.78. The summed E-state index contributed by atoms with van der Waals surface area (Å²) in [4.78, 5) is 1.33. The molecule has 2 fully saturated rings. The van der Waals surface area contributed by atoms with Crippen molar-refractivity contribution in [3.63, 3.8) is 0 Å². The van der Waals surface area contributed by atoms with Crippen LogP contribution < -0.4 is 5.32 Å². The molecule has 0 aliphatic carbocycles. The highest BCUT2D eigenvalue weighted by atomic mass is 19.4. The Hall–Kier alpha value is -2.25. The van der Waals surface area contributed by atoms with Crippen LogP contribution in [0.15, 0.2) is 18.2 Å². The van der Waals surface area contributed by atoms with Crippen LogP contribution in [0.1, 0.15) is 68.5 Å². The first-order valence-electron chi connectivity index (χ1n) is 11.2. The van der Waals surface area contributed by atoms with Crippen molar-refractivity contribution in [2.24, 2.45) is 0 Å². The first-order valence-corrected chi connectivity index (χ1v) is 11.2. The highest BCUT2D eigenvalue weighted by Gasteiger charge is 2.52. The van der Waals surface area contributed by atoms with Crippen molar-refractivity contribution in [2.45, 2.75) is 94.7 Å². The van der Waals surface area contributed by atoms with Crippen LogP contribution in [0.2, 0.25) is 0 Å². The first-order chi connectivity index (χ1) is 16.0. The molecule has 7 nitrogen and oxygen atoms in total. The molecule has 0 spiro atoms. The molecule has 2 aromatic rings. The Labute approximate surface area is 197 Å². The van der Waals surface area contributed by atoms with Crippen molar-refractivity contribution in [1.82, 2.24) is 25.5 Å². The van der Waals surface area contributed by atoms with Crippen LogP contribution in [-0.4, -0.2) is 48.6 Å². The van der Waals surface area contributed by atoms with Crippen molar-refractivity contribution in [3.8, 4) is 0 Å². The van der Waals surface area contributed by atoms with Crippen LogP contribution in [0.5, 0.6) is 0 Å². The second-order valence-corrected chi connectivity index (χ2v) is 10.3. The van der Waals surface area contributed by atoms with Gasteiger partial charge >= 0.3 is 12.4 Å². The van der Waals surface area contributed by atoms with Gasteiger partial charge in [0.05, 0.1) is 36.0 Å². The zero-order valence-corrected chi connectivity index (χ0v) is 19.4. The minimum absolute atomic E-state index is 0.0324. The summed E-state index contributed by atoms with van der Waals surface area (Å²) >= 11 is 0. The third-order valence-electron chi connectivity index (χ3n) is 6.52. The quantitative estimate of drug-likeness (QED) is 0.574. The standard InChI is InChI=1S/C22H27F6N5O2/c1-19(2,34)11-33-31-18(30-32-33)15-9-20(3)17(5-4-16(15)29-20)35-10-12-6-13(21(23,24)25)8-14(7-12)22(26,27)28/h6-8,15-17,29,34H,4-5,9-11H2,1-3H3. The smallest absolute Gasteiger partial charge is 0.388 e. The molecular weight excluding hydrogens is 480 g/mol. The highest BCUT2D eigenvalue weighted by Crippen LogP contribution is 2.45. The lowest BCUT2D eigenvalue weighted by atomic mass is 9.88. The maximum absolute atomic E-state index is 13.2. The number of hydrogen-bond acceptors (Lipinski definition) is 6. The molecule has 2 aliphatic heterocycles. The predicted molar refractivity (Wildman–Crippen MR) is 111 cm³/mol. The molecule has 2 N–H and O–H groups in total. The molecule has 0 saturated carbocycles. The van der Waals surface area contributed by atoms with Gasteiger partial charge in [0, 0.05) is 17.5 Å². The van der Waals surface area contributed by atoms with E-state index >= 15 is 0 Å². The van der Waals surface area contributed by atoms with Crippen molar-refractivity contribution in [2.75, 3.05) is 0 Å². The average molecular weight is 507 g/mol. The molecule has 0 amide bonds. The van der Waals surface area contributed by atoms with Crippen LogP contribution in [-0.2, 0) is 30.2 Å². The molecule has 2 saturated heterocycles. The largest absolute Gasteiger partial charge is 0.416 e. The van der Waals surface area contributed by atoms with Gasteiger partial charge in [-0.25, -0.2) is 0 Å². The van der Waals surface area contributed by atoms with E-state index in [0.717, 1.165) is 0 Å². The van der Waals surface area contributed by atoms with E-state index in [1.165, 1.54) is 4.80 Å². The van der Waals surface area contributed by atoms with Crippen molar-refractivity contribution < 1.29 is 36.2 Å². The number of piperidine rings is 1. The third-order valence-corrected chi connectivity index (χ3v) is 6.52. The number of benzene rings is 1. The zero-order valence-electron chi connectivity index (χ0n) is 19.4. The second kappa shape index (κ2) is 8.70. The summed E-state index contributed by atoms with van der Waals surface area (Å²) in [5, 5.41) is 26.0. The van der Waals surface area contributed by atoms with Gasteiger partial charge in [-0.2, -0.15) is 31.1 Å². The van der Waals surface area contributed by atoms with E-state index < -0.39 is 40.7 Å². The number of hydrogen-bond donors (Lipinski definition) is 2. The van der Waals surface area contributed by atoms with Crippen LogP contribution >= 0.6 is 0 Å². The highest BCUT2D eigenvalue weighted by molar-refractivity contribution is 5.33. The van der Waals surface area contributed by atoms with E-state index in [9.17, 15) is 31.4 Å². The van der Waals surface area contributed by atoms with Gasteiger partial charge in [0.25, 0.3) is 0 Å². The molecular formula is C22H27F6N5O2. The fourth-order valence-corrected chi connectivity index (χ4v) is 4.98. The van der Waals surface area contributed by atoms with Gasteiger partial charge in [-0.05, 0) is 69.0 Å². The number of ether oxygens (including phenoxy) is 1. The summed E-state index contributed by atoms with van der Waals surface area (Å²) in [6.07, 6.45) is -8.44. The van der Waals surface area contributed by atoms with E-state index in [1.54, 1.807) is 13.8 Å². The van der Waals surface area contributed by atoms with Gasteiger partial charge in [-0.15, -0.1) is 10.2 Å². The SMILES string of the molecule is CC(C)(O)Cn1nnc(C2CC3(C)NC2CCC3OCc2cc(C(F)(F)F)cc(C(F)(F)F)c2)n1. The van der Waals surface area contributed by atoms with Crippen molar-refractivity contribution in [3.05, 3.63) is 40.7 Å². The molecule has 194 valence electrons. The Bertz CT molecular complexity index is 1030. The van der Waals surface area contributed by atoms with Gasteiger partial charge < -0.3 is 15.2 Å². The van der Waals surface area contributed by atoms with Gasteiger partial charge in [0.1, 0.15) is 0 Å². The summed E-state index contributed by atoms with van der Waals surface area (Å²) < 4.78 is 84.9. The van der Waals surface area contributed by atoms with Crippen molar-refractivity contribution in [1.29, 1.82) is 0 Å². The Kier molecular flexibility index (Phi) is 6.42. The number of aromatic nitrogens is 4. The first kappa shape index (κ1) is 25.8. The Morgan fingerprint density at radius 3 is 2.29 bits per heavy atom. The maximum Gasteiger partial charge on any atom is 0.416 e. The number of aliphatic hydroxyl groups is 1. The number of alkyl halides is 6. The summed E-state index contributed by atoms with van der Waals surface area (Å²) in [5.74, 6) is 0.429. The van der Waals surface area contributed by atoms with E-state index in [4.69, 9.17) is 4.74 Å². The molecule has 4 unspecified atom stereocenters. The number of nitrogens with zero attached hydrogens (tertiary/aromatic N) is 4. The Balaban J connectivity index is 1.47. The van der Waals surface area contributed by atoms with Crippen LogP contribution in [0.4, 0.5) is 26.3 Å². The predicted octanol–water partition coefficient (Wildman–Crippen LogP) is 4.07. The second-order valence-electron chi connectivity index (χ2n) is 10.3. The fraction of sp³-hybridized carbons (Fsp3) is 0.682. The zero-order chi connectivity index (χ0) is 25.8. The minimum atomic E-state index is -4.91. The van der Waals surface area contributed by atoms with E-state index in [-0.39, 0.29) is 36.7 Å². The Morgan fingerprint density at radius 1 is 1.09 bits per heavy atom. The molecule has 2 bridgehead atoms. The molecule has 1 aromatic heterocycles. The number of tetrazole rings is 1. The summed E-state index contributed by atoms with van der Waals surface area (Å²) in [6, 6.07) is 1.53. The lowest BCUT2D eigenvalue weighted by molar-refractivity contribution is -0.143. The van der Waals surface area contributed by atoms with Gasteiger partial charge in [0.15, 0.2) is 5.82 Å². The lowest BCUT2D eigenvalue weighted by Crippen LogP contribution is -2.54. The number of fused-ring (bicyclic) bond motifs is 2. The summed E-state index contributed by atoms with van der Waals surface area (Å²) in [7, 11) is 0. The van der Waals surface area contributed by atoms with Crippen LogP contribution in [0.3, 0.4) is 0 Å². The Morgan fingerprint density at radius 2 is 1.71 bits per heavy atom. The molecule has 2 aliphatic rings. The molecule has 13 heteroatoms. The van der Waals surface area contributed by atoms with E-state index in [1.807, 2.05) is 6.92 Å². The van der Waals surface area contributed by atoms with Crippen molar-refractivity contribution >= 4 is 0 Å². The van der Waals surface area contributed by atoms with E-state index in [2.05, 4.69) is 20.7 Å². The summed E-state index contributed by atoms with van der Waals surface area (Å²) in [5.41, 5.74) is -4.49. The summed E-state index contributed by atoms with van der Waals surface area (Å²) in [6.45, 7) is 4.96. The van der Waals surface area contributed by atoms with E-state index in [0.29, 0.717) is 37.2 Å². The average Bonchev–Trinajstić information content (AvgIpc) is 3.26. The lowest BCUT2D eigenvalue weighted by Gasteiger charge is -2.39. The molecule has 4 atom stereocenters. The monoisotopic (exact) mass is 507 g/mol. The van der Waals surface area contributed by atoms with Gasteiger partial charge in [0.2, 0.25) is 0 Å². The fourth-order valence-electron chi connectivity index (χ4n) is 4.98. The van der Waals surface area contributed by atoms with Gasteiger partial charge in [-0.3, -0.25) is 0 Å². The molecule has 3 heterocycles. The molecule has 4 rings (SSSR count). The van der Waals surface area contributed by atoms with Crippen LogP contribution in [0, 0.1) is 0 Å². The normalized spacial score (nSPS) is 27.4. The topological polar surface area (TPSA) is 85.1 Å². The van der Waals surface area contributed by atoms with Gasteiger partial charge in [-0.1, -0.05) is 0 Å². The number of halogens is 6. The molecule has 1 aromatic carbocycles. The maximum atomic E-state index is 13.2. The minimum Gasteiger partial charge on any atom is -0.388 e. The number of nitrogens with one attached hydrogen (secondary N) is 1.